The van der Waals surface area contributed by atoms with Crippen molar-refractivity contribution in [1.82, 2.24) is 5.32 Å². The maximum atomic E-state index is 6.06. The molecule has 3 heteroatoms. The molecule has 0 bridgehead atoms. The zero-order chi connectivity index (χ0) is 13.8. The SMILES string of the molecule is CCC(CNC(C)(C)C)Oc1ccc(Br)cc1C. The van der Waals surface area contributed by atoms with E-state index in [4.69, 9.17) is 4.74 Å². The molecule has 0 aromatic heterocycles. The fourth-order valence-electron chi connectivity index (χ4n) is 1.61. The van der Waals surface area contributed by atoms with Gasteiger partial charge in [0.15, 0.2) is 0 Å². The first-order valence-electron chi connectivity index (χ1n) is 6.49. The van der Waals surface area contributed by atoms with Gasteiger partial charge in [-0.15, -0.1) is 0 Å². The van der Waals surface area contributed by atoms with Crippen LogP contribution < -0.4 is 10.1 Å². The van der Waals surface area contributed by atoms with Gasteiger partial charge in [0.2, 0.25) is 0 Å². The second-order valence-corrected chi connectivity index (χ2v) is 6.60. The Kier molecular flexibility index (Phi) is 5.67. The third-order valence-corrected chi connectivity index (χ3v) is 3.24. The fourth-order valence-corrected chi connectivity index (χ4v) is 2.09. The van der Waals surface area contributed by atoms with Crippen LogP contribution in [0.3, 0.4) is 0 Å². The van der Waals surface area contributed by atoms with E-state index < -0.39 is 0 Å². The zero-order valence-corrected chi connectivity index (χ0v) is 13.6. The van der Waals surface area contributed by atoms with Crippen molar-refractivity contribution in [2.24, 2.45) is 0 Å². The van der Waals surface area contributed by atoms with Crippen LogP contribution in [0.2, 0.25) is 0 Å². The second kappa shape index (κ2) is 6.58. The minimum absolute atomic E-state index is 0.130. The highest BCUT2D eigenvalue weighted by Gasteiger charge is 2.14. The Morgan fingerprint density at radius 3 is 2.50 bits per heavy atom. The lowest BCUT2D eigenvalue weighted by molar-refractivity contribution is 0.180. The van der Waals surface area contributed by atoms with Crippen molar-refractivity contribution < 1.29 is 4.74 Å². The van der Waals surface area contributed by atoms with Gasteiger partial charge in [0.1, 0.15) is 11.9 Å². The lowest BCUT2D eigenvalue weighted by Gasteiger charge is -2.26. The van der Waals surface area contributed by atoms with E-state index in [1.807, 2.05) is 12.1 Å². The number of nitrogens with one attached hydrogen (secondary N) is 1. The van der Waals surface area contributed by atoms with Crippen LogP contribution in [0.5, 0.6) is 5.75 Å². The summed E-state index contributed by atoms with van der Waals surface area (Å²) in [6.45, 7) is 11.6. The molecular weight excluding hydrogens is 290 g/mol. The van der Waals surface area contributed by atoms with Crippen LogP contribution in [0.4, 0.5) is 0 Å². The Balaban J connectivity index is 2.62. The summed E-state index contributed by atoms with van der Waals surface area (Å²) in [4.78, 5) is 0. The molecule has 0 radical (unpaired) electrons. The van der Waals surface area contributed by atoms with E-state index in [-0.39, 0.29) is 11.6 Å². The van der Waals surface area contributed by atoms with Gasteiger partial charge in [-0.25, -0.2) is 0 Å². The van der Waals surface area contributed by atoms with Crippen LogP contribution in [0, 0.1) is 6.92 Å². The maximum absolute atomic E-state index is 6.06. The Bertz CT molecular complexity index is 385. The van der Waals surface area contributed by atoms with Gasteiger partial charge in [-0.2, -0.15) is 0 Å². The summed E-state index contributed by atoms with van der Waals surface area (Å²) in [5.41, 5.74) is 1.30. The Morgan fingerprint density at radius 2 is 2.00 bits per heavy atom. The average Bonchev–Trinajstić information content (AvgIpc) is 2.25. The van der Waals surface area contributed by atoms with Gasteiger partial charge in [0, 0.05) is 16.6 Å². The van der Waals surface area contributed by atoms with Gasteiger partial charge in [0.05, 0.1) is 0 Å². The smallest absolute Gasteiger partial charge is 0.122 e. The van der Waals surface area contributed by atoms with Crippen LogP contribution in [-0.2, 0) is 0 Å². The summed E-state index contributed by atoms with van der Waals surface area (Å²) in [6.07, 6.45) is 1.21. The highest BCUT2D eigenvalue weighted by molar-refractivity contribution is 9.10. The largest absolute Gasteiger partial charge is 0.489 e. The topological polar surface area (TPSA) is 21.3 Å². The Morgan fingerprint density at radius 1 is 1.33 bits per heavy atom. The molecule has 0 aliphatic heterocycles. The summed E-state index contributed by atoms with van der Waals surface area (Å²) in [5.74, 6) is 0.973. The van der Waals surface area contributed by atoms with E-state index in [9.17, 15) is 0 Å². The van der Waals surface area contributed by atoms with E-state index in [2.05, 4.69) is 61.9 Å². The molecule has 0 aliphatic carbocycles. The Hall–Kier alpha value is -0.540. The predicted octanol–water partition coefficient (Wildman–Crippen LogP) is 4.30. The summed E-state index contributed by atoms with van der Waals surface area (Å²) in [7, 11) is 0. The van der Waals surface area contributed by atoms with Crippen molar-refractivity contribution in [3.05, 3.63) is 28.2 Å². The average molecular weight is 314 g/mol. The minimum Gasteiger partial charge on any atom is -0.489 e. The molecule has 0 aliphatic rings. The van der Waals surface area contributed by atoms with Crippen molar-refractivity contribution >= 4 is 15.9 Å². The molecule has 1 unspecified atom stereocenters. The predicted molar refractivity (Wildman–Crippen MR) is 81.3 cm³/mol. The monoisotopic (exact) mass is 313 g/mol. The highest BCUT2D eigenvalue weighted by atomic mass is 79.9. The summed E-state index contributed by atoms with van der Waals surface area (Å²) in [6, 6.07) is 6.13. The van der Waals surface area contributed by atoms with Crippen LogP contribution in [0.15, 0.2) is 22.7 Å². The van der Waals surface area contributed by atoms with Crippen molar-refractivity contribution in [2.45, 2.75) is 52.7 Å². The second-order valence-electron chi connectivity index (χ2n) is 5.69. The van der Waals surface area contributed by atoms with Crippen LogP contribution >= 0.6 is 15.9 Å². The lowest BCUT2D eigenvalue weighted by Crippen LogP contribution is -2.42. The molecule has 1 N–H and O–H groups in total. The van der Waals surface area contributed by atoms with Gasteiger partial charge >= 0.3 is 0 Å². The summed E-state index contributed by atoms with van der Waals surface area (Å²) < 4.78 is 7.15. The van der Waals surface area contributed by atoms with Crippen molar-refractivity contribution in [1.29, 1.82) is 0 Å². The molecule has 102 valence electrons. The van der Waals surface area contributed by atoms with E-state index in [1.54, 1.807) is 0 Å². The standard InChI is InChI=1S/C15H24BrNO/c1-6-13(10-17-15(3,4)5)18-14-8-7-12(16)9-11(14)2/h7-9,13,17H,6,10H2,1-5H3. The van der Waals surface area contributed by atoms with Crippen molar-refractivity contribution in [2.75, 3.05) is 6.54 Å². The molecular formula is C15H24BrNO. The molecule has 0 spiro atoms. The molecule has 0 saturated heterocycles. The molecule has 0 amide bonds. The van der Waals surface area contributed by atoms with Gasteiger partial charge in [0.25, 0.3) is 0 Å². The van der Waals surface area contributed by atoms with E-state index in [1.165, 1.54) is 5.56 Å². The number of hydrogen-bond acceptors (Lipinski definition) is 2. The number of halogens is 1. The van der Waals surface area contributed by atoms with Gasteiger partial charge in [-0.3, -0.25) is 0 Å². The first kappa shape index (κ1) is 15.5. The van der Waals surface area contributed by atoms with Crippen molar-refractivity contribution in [3.63, 3.8) is 0 Å². The van der Waals surface area contributed by atoms with Crippen LogP contribution in [-0.4, -0.2) is 18.2 Å². The molecule has 1 rings (SSSR count). The van der Waals surface area contributed by atoms with E-state index >= 15 is 0 Å². The normalized spacial score (nSPS) is 13.4. The molecule has 18 heavy (non-hydrogen) atoms. The third kappa shape index (κ3) is 5.40. The lowest BCUT2D eigenvalue weighted by atomic mass is 10.1. The van der Waals surface area contributed by atoms with E-state index in [0.717, 1.165) is 23.2 Å². The molecule has 2 nitrogen and oxygen atoms in total. The van der Waals surface area contributed by atoms with Gasteiger partial charge in [-0.05, 0) is 57.9 Å². The quantitative estimate of drug-likeness (QED) is 0.875. The number of aryl methyl sites for hydroxylation is 1. The fraction of sp³-hybridized carbons (Fsp3) is 0.600. The number of ether oxygens (including phenoxy) is 1. The van der Waals surface area contributed by atoms with E-state index in [0.29, 0.717) is 0 Å². The summed E-state index contributed by atoms with van der Waals surface area (Å²) >= 11 is 3.47. The van der Waals surface area contributed by atoms with Gasteiger partial charge < -0.3 is 10.1 Å². The summed E-state index contributed by atoms with van der Waals surface area (Å²) in [5, 5.41) is 3.49. The zero-order valence-electron chi connectivity index (χ0n) is 12.0. The third-order valence-electron chi connectivity index (χ3n) is 2.75. The minimum atomic E-state index is 0.130. The number of rotatable bonds is 5. The van der Waals surface area contributed by atoms with Crippen LogP contribution in [0.1, 0.15) is 39.7 Å². The van der Waals surface area contributed by atoms with Crippen molar-refractivity contribution in [3.8, 4) is 5.75 Å². The molecule has 0 fully saturated rings. The molecule has 0 saturated carbocycles. The molecule has 0 heterocycles. The van der Waals surface area contributed by atoms with Crippen LogP contribution in [0.25, 0.3) is 0 Å². The Labute approximate surface area is 119 Å². The maximum Gasteiger partial charge on any atom is 0.122 e. The first-order valence-corrected chi connectivity index (χ1v) is 7.29. The first-order chi connectivity index (χ1) is 8.31. The molecule has 1 aromatic rings. The van der Waals surface area contributed by atoms with Gasteiger partial charge in [-0.1, -0.05) is 22.9 Å². The number of benzene rings is 1. The number of hydrogen-bond donors (Lipinski definition) is 1. The highest BCUT2D eigenvalue weighted by Crippen LogP contribution is 2.23. The molecule has 1 aromatic carbocycles. The molecule has 1 atom stereocenters.